The van der Waals surface area contributed by atoms with Gasteiger partial charge in [0.1, 0.15) is 11.6 Å². The number of aromatic nitrogens is 2. The lowest BCUT2D eigenvalue weighted by Crippen LogP contribution is -2.41. The van der Waals surface area contributed by atoms with Gasteiger partial charge in [0.25, 0.3) is 5.91 Å². The van der Waals surface area contributed by atoms with Gasteiger partial charge in [-0.05, 0) is 31.0 Å². The molecule has 0 unspecified atom stereocenters. The molecule has 1 saturated heterocycles. The van der Waals surface area contributed by atoms with Crippen molar-refractivity contribution in [3.8, 4) is 0 Å². The van der Waals surface area contributed by atoms with Gasteiger partial charge in [0.05, 0.1) is 25.5 Å². The number of fused-ring (bicyclic) bond motifs is 1. The zero-order valence-corrected chi connectivity index (χ0v) is 19.4. The van der Waals surface area contributed by atoms with Crippen LogP contribution in [0.2, 0.25) is 0 Å². The number of benzene rings is 2. The van der Waals surface area contributed by atoms with Gasteiger partial charge in [-0.2, -0.15) is 0 Å². The maximum Gasteiger partial charge on any atom is 0.254 e. The topological polar surface area (TPSA) is 58.6 Å². The van der Waals surface area contributed by atoms with Crippen molar-refractivity contribution in [1.29, 1.82) is 0 Å². The minimum atomic E-state index is 0.0792. The molecule has 0 saturated carbocycles. The van der Waals surface area contributed by atoms with E-state index in [0.717, 1.165) is 53.5 Å². The summed E-state index contributed by atoms with van der Waals surface area (Å²) in [6.45, 7) is 8.30. The summed E-state index contributed by atoms with van der Waals surface area (Å²) < 4.78 is 5.59. The van der Waals surface area contributed by atoms with Crippen LogP contribution >= 0.6 is 0 Å². The Morgan fingerprint density at radius 1 is 1.00 bits per heavy atom. The van der Waals surface area contributed by atoms with Crippen LogP contribution in [0.1, 0.15) is 44.1 Å². The van der Waals surface area contributed by atoms with Crippen LogP contribution in [-0.4, -0.2) is 53.6 Å². The summed E-state index contributed by atoms with van der Waals surface area (Å²) in [7, 11) is 0. The predicted molar refractivity (Wildman–Crippen MR) is 129 cm³/mol. The molecule has 3 aromatic rings. The van der Waals surface area contributed by atoms with E-state index in [0.29, 0.717) is 32.7 Å². The lowest BCUT2D eigenvalue weighted by Gasteiger charge is -2.34. The Morgan fingerprint density at radius 3 is 2.61 bits per heavy atom. The van der Waals surface area contributed by atoms with E-state index in [1.165, 1.54) is 11.1 Å². The van der Waals surface area contributed by atoms with E-state index >= 15 is 0 Å². The van der Waals surface area contributed by atoms with Crippen molar-refractivity contribution in [1.82, 2.24) is 14.9 Å². The summed E-state index contributed by atoms with van der Waals surface area (Å²) in [4.78, 5) is 27.6. The first kappa shape index (κ1) is 21.6. The molecule has 0 atom stereocenters. The van der Waals surface area contributed by atoms with Gasteiger partial charge in [0, 0.05) is 43.6 Å². The number of hydrogen-bond donors (Lipinski definition) is 0. The third-order valence-electron chi connectivity index (χ3n) is 6.50. The molecule has 5 rings (SSSR count). The van der Waals surface area contributed by atoms with Crippen molar-refractivity contribution in [3.05, 3.63) is 87.9 Å². The van der Waals surface area contributed by atoms with Gasteiger partial charge in [-0.15, -0.1) is 0 Å². The van der Waals surface area contributed by atoms with Crippen molar-refractivity contribution in [2.75, 3.05) is 37.7 Å². The number of carbonyl (C=O) groups is 1. The van der Waals surface area contributed by atoms with E-state index in [2.05, 4.69) is 36.1 Å². The van der Waals surface area contributed by atoms with Gasteiger partial charge < -0.3 is 14.5 Å². The fourth-order valence-electron chi connectivity index (χ4n) is 4.72. The molecule has 1 fully saturated rings. The zero-order chi connectivity index (χ0) is 22.8. The Kier molecular flexibility index (Phi) is 6.09. The Labute approximate surface area is 195 Å². The van der Waals surface area contributed by atoms with E-state index in [4.69, 9.17) is 14.7 Å². The maximum absolute atomic E-state index is 13.3. The van der Waals surface area contributed by atoms with Gasteiger partial charge in [0.2, 0.25) is 0 Å². The summed E-state index contributed by atoms with van der Waals surface area (Å²) in [5.74, 6) is 1.89. The molecule has 6 heteroatoms. The second-order valence-corrected chi connectivity index (χ2v) is 8.95. The minimum Gasteiger partial charge on any atom is -0.378 e. The van der Waals surface area contributed by atoms with Crippen molar-refractivity contribution >= 4 is 11.7 Å². The Balaban J connectivity index is 1.48. The number of amides is 1. The third kappa shape index (κ3) is 4.62. The minimum absolute atomic E-state index is 0.0792. The van der Waals surface area contributed by atoms with Crippen LogP contribution in [0.15, 0.2) is 48.5 Å². The molecule has 6 nitrogen and oxygen atoms in total. The van der Waals surface area contributed by atoms with Crippen LogP contribution in [0.3, 0.4) is 0 Å². The molecule has 2 aromatic carbocycles. The van der Waals surface area contributed by atoms with E-state index in [1.807, 2.05) is 36.1 Å². The highest BCUT2D eigenvalue weighted by Gasteiger charge is 2.29. The van der Waals surface area contributed by atoms with Gasteiger partial charge in [-0.3, -0.25) is 4.79 Å². The second-order valence-electron chi connectivity index (χ2n) is 8.95. The van der Waals surface area contributed by atoms with Crippen LogP contribution in [0.4, 0.5) is 5.82 Å². The smallest absolute Gasteiger partial charge is 0.254 e. The molecule has 0 N–H and O–H groups in total. The Morgan fingerprint density at radius 2 is 1.82 bits per heavy atom. The first-order valence-corrected chi connectivity index (χ1v) is 11.7. The molecule has 0 aliphatic carbocycles. The maximum atomic E-state index is 13.3. The summed E-state index contributed by atoms with van der Waals surface area (Å²) >= 11 is 0. The molecule has 170 valence electrons. The van der Waals surface area contributed by atoms with Crippen LogP contribution in [0, 0.1) is 13.8 Å². The number of aryl methyl sites for hydroxylation is 2. The number of carbonyl (C=O) groups excluding carboxylic acids is 1. The Bertz CT molecular complexity index is 1170. The highest BCUT2D eigenvalue weighted by molar-refractivity contribution is 5.95. The van der Waals surface area contributed by atoms with Crippen molar-refractivity contribution in [3.63, 3.8) is 0 Å². The van der Waals surface area contributed by atoms with Gasteiger partial charge in [0.15, 0.2) is 0 Å². The van der Waals surface area contributed by atoms with Gasteiger partial charge in [-0.25, -0.2) is 9.97 Å². The molecule has 1 amide bonds. The van der Waals surface area contributed by atoms with Crippen molar-refractivity contribution in [2.24, 2.45) is 0 Å². The molecule has 2 aliphatic heterocycles. The second kappa shape index (κ2) is 9.32. The average Bonchev–Trinajstić information content (AvgIpc) is 2.84. The molecule has 0 bridgehead atoms. The monoisotopic (exact) mass is 442 g/mol. The van der Waals surface area contributed by atoms with Crippen molar-refractivity contribution in [2.45, 2.75) is 33.2 Å². The lowest BCUT2D eigenvalue weighted by molar-refractivity contribution is 0.0732. The van der Waals surface area contributed by atoms with E-state index in [-0.39, 0.29) is 5.91 Å². The molecule has 33 heavy (non-hydrogen) atoms. The van der Waals surface area contributed by atoms with Crippen LogP contribution in [-0.2, 0) is 24.1 Å². The van der Waals surface area contributed by atoms with Gasteiger partial charge >= 0.3 is 0 Å². The molecular weight excluding hydrogens is 412 g/mol. The fraction of sp³-hybridized carbons (Fsp3) is 0.370. The number of anilines is 1. The summed E-state index contributed by atoms with van der Waals surface area (Å²) in [5.41, 5.74) is 6.39. The number of rotatable bonds is 4. The lowest BCUT2D eigenvalue weighted by atomic mass is 10.0. The summed E-state index contributed by atoms with van der Waals surface area (Å²) in [5, 5.41) is 0. The predicted octanol–water partition coefficient (Wildman–Crippen LogP) is 3.72. The highest BCUT2D eigenvalue weighted by Crippen LogP contribution is 2.29. The zero-order valence-electron chi connectivity index (χ0n) is 19.4. The average molecular weight is 443 g/mol. The number of hydrogen-bond acceptors (Lipinski definition) is 5. The highest BCUT2D eigenvalue weighted by atomic mass is 16.5. The first-order valence-electron chi connectivity index (χ1n) is 11.7. The fourth-order valence-corrected chi connectivity index (χ4v) is 4.72. The number of morpholine rings is 1. The normalized spacial score (nSPS) is 15.9. The Hall–Kier alpha value is -3.25. The molecule has 0 radical (unpaired) electrons. The SMILES string of the molecule is Cc1cccc(Cc2nc3c(c(N4CCOCC4)n2)CN(C(=O)c2ccccc2C)CC3)c1. The van der Waals surface area contributed by atoms with E-state index in [1.54, 1.807) is 0 Å². The van der Waals surface area contributed by atoms with Gasteiger partial charge in [-0.1, -0.05) is 48.0 Å². The molecule has 3 heterocycles. The molecular formula is C27H30N4O2. The quantitative estimate of drug-likeness (QED) is 0.616. The van der Waals surface area contributed by atoms with E-state index < -0.39 is 0 Å². The number of nitrogens with zero attached hydrogens (tertiary/aromatic N) is 4. The summed E-state index contributed by atoms with van der Waals surface area (Å²) in [6, 6.07) is 16.3. The molecule has 1 aromatic heterocycles. The van der Waals surface area contributed by atoms with Crippen molar-refractivity contribution < 1.29 is 9.53 Å². The third-order valence-corrected chi connectivity index (χ3v) is 6.50. The van der Waals surface area contributed by atoms with Crippen LogP contribution in [0.5, 0.6) is 0 Å². The number of ether oxygens (including phenoxy) is 1. The molecule has 2 aliphatic rings. The van der Waals surface area contributed by atoms with Crippen LogP contribution in [0.25, 0.3) is 0 Å². The summed E-state index contributed by atoms with van der Waals surface area (Å²) in [6.07, 6.45) is 1.45. The standard InChI is InChI=1S/C27H30N4O2/c1-19-6-5-8-21(16-19)17-25-28-24-10-11-31(27(32)22-9-4-3-7-20(22)2)18-23(24)26(29-25)30-12-14-33-15-13-30/h3-9,16H,10-15,17-18H2,1-2H3. The van der Waals surface area contributed by atoms with E-state index in [9.17, 15) is 4.79 Å². The van der Waals surface area contributed by atoms with Crippen LogP contribution < -0.4 is 4.90 Å². The molecule has 0 spiro atoms. The first-order chi connectivity index (χ1) is 16.1. The largest absolute Gasteiger partial charge is 0.378 e.